The van der Waals surface area contributed by atoms with Crippen molar-refractivity contribution in [2.75, 3.05) is 7.11 Å². The average molecular weight is 402 g/mol. The van der Waals surface area contributed by atoms with E-state index in [2.05, 4.69) is 4.98 Å². The molecule has 0 aliphatic carbocycles. The molecule has 0 unspecified atom stereocenters. The third-order valence-electron chi connectivity index (χ3n) is 3.83. The summed E-state index contributed by atoms with van der Waals surface area (Å²) in [6, 6.07) is 13.8. The largest absolute Gasteiger partial charge is 0.497 e. The fourth-order valence-corrected chi connectivity index (χ4v) is 3.28. The fraction of sp³-hybridized carbons (Fsp3) is 0.150. The second-order valence-corrected chi connectivity index (χ2v) is 6.98. The van der Waals surface area contributed by atoms with Gasteiger partial charge in [0.1, 0.15) is 10.8 Å². The van der Waals surface area contributed by atoms with Crippen molar-refractivity contribution in [3.63, 3.8) is 0 Å². The third kappa shape index (κ3) is 4.53. The predicted molar refractivity (Wildman–Crippen MR) is 105 cm³/mol. The molecule has 0 saturated heterocycles. The van der Waals surface area contributed by atoms with Crippen LogP contribution < -0.4 is 4.74 Å². The summed E-state index contributed by atoms with van der Waals surface area (Å²) in [5.74, 6) is -0.198. The zero-order valence-electron chi connectivity index (χ0n) is 14.6. The molecule has 0 aliphatic heterocycles. The third-order valence-corrected chi connectivity index (χ3v) is 4.98. The van der Waals surface area contributed by atoms with Crippen molar-refractivity contribution in [2.45, 2.75) is 13.0 Å². The van der Waals surface area contributed by atoms with Crippen molar-refractivity contribution in [1.29, 1.82) is 0 Å². The molecule has 1 aromatic heterocycles. The van der Waals surface area contributed by atoms with E-state index < -0.39 is 12.1 Å². The number of esters is 1. The molecule has 1 atom stereocenters. The first-order valence-corrected chi connectivity index (χ1v) is 9.34. The van der Waals surface area contributed by atoms with Gasteiger partial charge >= 0.3 is 5.97 Å². The molecular formula is C20H16ClNO4S. The first-order chi connectivity index (χ1) is 13.0. The van der Waals surface area contributed by atoms with Gasteiger partial charge in [0.05, 0.1) is 7.11 Å². The Labute approximate surface area is 165 Å². The summed E-state index contributed by atoms with van der Waals surface area (Å²) in [6.07, 6.45) is -0.926. The van der Waals surface area contributed by atoms with Crippen LogP contribution in [0.2, 0.25) is 5.02 Å². The average Bonchev–Trinajstić information content (AvgIpc) is 3.18. The number of hydrogen-bond donors (Lipinski definition) is 0. The van der Waals surface area contributed by atoms with Crippen LogP contribution in [0.5, 0.6) is 5.75 Å². The Hall–Kier alpha value is -2.70. The van der Waals surface area contributed by atoms with E-state index in [0.717, 1.165) is 11.3 Å². The van der Waals surface area contributed by atoms with E-state index in [1.54, 1.807) is 36.8 Å². The maximum Gasteiger partial charge on any atom is 0.358 e. The summed E-state index contributed by atoms with van der Waals surface area (Å²) in [5, 5.41) is 2.83. The van der Waals surface area contributed by atoms with Gasteiger partial charge in [0.2, 0.25) is 5.78 Å². The number of ketones is 1. The van der Waals surface area contributed by atoms with Crippen molar-refractivity contribution < 1.29 is 19.1 Å². The molecule has 0 fully saturated rings. The fourth-order valence-electron chi connectivity index (χ4n) is 2.36. The number of rotatable bonds is 6. The van der Waals surface area contributed by atoms with E-state index in [-0.39, 0.29) is 11.5 Å². The molecule has 0 aliphatic rings. The molecular weight excluding hydrogens is 386 g/mol. The highest BCUT2D eigenvalue weighted by Crippen LogP contribution is 2.26. The van der Waals surface area contributed by atoms with Gasteiger partial charge in [0.25, 0.3) is 0 Å². The standard InChI is InChI=1S/C20H16ClNO4S/c1-12(18(23)13-3-7-15(21)8-4-13)26-20(24)17-11-27-19(22-17)14-5-9-16(25-2)10-6-14/h3-12H,1-2H3/t12-/m1/s1. The van der Waals surface area contributed by atoms with Gasteiger partial charge in [-0.25, -0.2) is 9.78 Å². The van der Waals surface area contributed by atoms with E-state index >= 15 is 0 Å². The van der Waals surface area contributed by atoms with Gasteiger partial charge in [-0.3, -0.25) is 4.79 Å². The quantitative estimate of drug-likeness (QED) is 0.434. The number of carbonyl (C=O) groups excluding carboxylic acids is 2. The number of Topliss-reactive ketones (excluding diaryl/α,β-unsaturated/α-hetero) is 1. The van der Waals surface area contributed by atoms with E-state index in [1.165, 1.54) is 18.3 Å². The molecule has 3 rings (SSSR count). The van der Waals surface area contributed by atoms with Gasteiger partial charge in [-0.1, -0.05) is 11.6 Å². The Bertz CT molecular complexity index is 951. The van der Waals surface area contributed by atoms with Crippen molar-refractivity contribution in [2.24, 2.45) is 0 Å². The van der Waals surface area contributed by atoms with Crippen molar-refractivity contribution in [3.8, 4) is 16.3 Å². The van der Waals surface area contributed by atoms with Crippen molar-refractivity contribution >= 4 is 34.7 Å². The van der Waals surface area contributed by atoms with Crippen LogP contribution in [0.3, 0.4) is 0 Å². The van der Waals surface area contributed by atoms with E-state index in [1.807, 2.05) is 24.3 Å². The second kappa shape index (κ2) is 8.33. The Morgan fingerprint density at radius 3 is 2.37 bits per heavy atom. The normalized spacial score (nSPS) is 11.7. The van der Waals surface area contributed by atoms with Crippen LogP contribution in [0.4, 0.5) is 0 Å². The lowest BCUT2D eigenvalue weighted by molar-refractivity contribution is 0.0314. The molecule has 0 bridgehead atoms. The highest BCUT2D eigenvalue weighted by atomic mass is 35.5. The summed E-state index contributed by atoms with van der Waals surface area (Å²) in [4.78, 5) is 29.0. The minimum absolute atomic E-state index is 0.168. The van der Waals surface area contributed by atoms with Gasteiger partial charge in [-0.2, -0.15) is 0 Å². The summed E-state index contributed by atoms with van der Waals surface area (Å²) in [6.45, 7) is 1.53. The molecule has 5 nitrogen and oxygen atoms in total. The maximum atomic E-state index is 12.4. The summed E-state index contributed by atoms with van der Waals surface area (Å²) in [7, 11) is 1.60. The summed E-state index contributed by atoms with van der Waals surface area (Å²) >= 11 is 7.14. The minimum atomic E-state index is -0.926. The number of aromatic nitrogens is 1. The molecule has 2 aromatic carbocycles. The number of carbonyl (C=O) groups is 2. The molecule has 27 heavy (non-hydrogen) atoms. The summed E-state index contributed by atoms with van der Waals surface area (Å²) in [5.41, 5.74) is 1.46. The lowest BCUT2D eigenvalue weighted by Gasteiger charge is -2.11. The van der Waals surface area contributed by atoms with Crippen LogP contribution in [-0.4, -0.2) is 30.0 Å². The first-order valence-electron chi connectivity index (χ1n) is 8.08. The number of benzene rings is 2. The first kappa shape index (κ1) is 19.1. The molecule has 0 N–H and O–H groups in total. The number of hydrogen-bond acceptors (Lipinski definition) is 6. The van der Waals surface area contributed by atoms with E-state index in [0.29, 0.717) is 15.6 Å². The van der Waals surface area contributed by atoms with Crippen LogP contribution in [0, 0.1) is 0 Å². The van der Waals surface area contributed by atoms with Gasteiger partial charge in [0, 0.05) is 21.5 Å². The number of methoxy groups -OCH3 is 1. The number of halogens is 1. The highest BCUT2D eigenvalue weighted by molar-refractivity contribution is 7.13. The van der Waals surface area contributed by atoms with Gasteiger partial charge in [-0.05, 0) is 55.5 Å². The van der Waals surface area contributed by atoms with Gasteiger partial charge in [-0.15, -0.1) is 11.3 Å². The number of thiazole rings is 1. The smallest absolute Gasteiger partial charge is 0.358 e. The molecule has 0 saturated carbocycles. The van der Waals surface area contributed by atoms with E-state index in [4.69, 9.17) is 21.1 Å². The highest BCUT2D eigenvalue weighted by Gasteiger charge is 2.22. The van der Waals surface area contributed by atoms with Crippen LogP contribution in [-0.2, 0) is 4.74 Å². The van der Waals surface area contributed by atoms with Gasteiger partial charge < -0.3 is 9.47 Å². The molecule has 0 amide bonds. The van der Waals surface area contributed by atoms with Crippen molar-refractivity contribution in [1.82, 2.24) is 4.98 Å². The predicted octanol–water partition coefficient (Wildman–Crippen LogP) is 4.90. The van der Waals surface area contributed by atoms with E-state index in [9.17, 15) is 9.59 Å². The summed E-state index contributed by atoms with van der Waals surface area (Å²) < 4.78 is 10.4. The Morgan fingerprint density at radius 2 is 1.74 bits per heavy atom. The lowest BCUT2D eigenvalue weighted by Crippen LogP contribution is -2.24. The monoisotopic (exact) mass is 401 g/mol. The molecule has 0 spiro atoms. The zero-order chi connectivity index (χ0) is 19.4. The molecule has 3 aromatic rings. The number of nitrogens with zero attached hydrogens (tertiary/aromatic N) is 1. The SMILES string of the molecule is COc1ccc(-c2nc(C(=O)O[C@H](C)C(=O)c3ccc(Cl)cc3)cs2)cc1. The number of ether oxygens (including phenoxy) is 2. The second-order valence-electron chi connectivity index (χ2n) is 5.69. The molecule has 138 valence electrons. The minimum Gasteiger partial charge on any atom is -0.497 e. The molecule has 7 heteroatoms. The van der Waals surface area contributed by atoms with Crippen LogP contribution in [0.1, 0.15) is 27.8 Å². The van der Waals surface area contributed by atoms with Crippen LogP contribution in [0.25, 0.3) is 10.6 Å². The van der Waals surface area contributed by atoms with Gasteiger partial charge in [0.15, 0.2) is 11.8 Å². The topological polar surface area (TPSA) is 65.5 Å². The molecule has 1 heterocycles. The Balaban J connectivity index is 1.68. The maximum absolute atomic E-state index is 12.4. The van der Waals surface area contributed by atoms with Crippen LogP contribution >= 0.6 is 22.9 Å². The van der Waals surface area contributed by atoms with Crippen LogP contribution in [0.15, 0.2) is 53.9 Å². The Kier molecular flexibility index (Phi) is 5.88. The Morgan fingerprint density at radius 1 is 1.07 bits per heavy atom. The lowest BCUT2D eigenvalue weighted by atomic mass is 10.1. The molecule has 0 radical (unpaired) electrons. The van der Waals surface area contributed by atoms with Crippen molar-refractivity contribution in [3.05, 3.63) is 70.2 Å². The zero-order valence-corrected chi connectivity index (χ0v) is 16.2.